The van der Waals surface area contributed by atoms with Gasteiger partial charge in [0.2, 0.25) is 11.7 Å². The van der Waals surface area contributed by atoms with Crippen LogP contribution in [0.4, 0.5) is 4.39 Å². The highest BCUT2D eigenvalue weighted by atomic mass is 79.9. The van der Waals surface area contributed by atoms with Crippen molar-refractivity contribution < 1.29 is 9.50 Å². The van der Waals surface area contributed by atoms with Crippen LogP contribution in [0.2, 0.25) is 0 Å². The summed E-state index contributed by atoms with van der Waals surface area (Å²) in [4.78, 5) is 24.8. The van der Waals surface area contributed by atoms with Crippen LogP contribution in [0.3, 0.4) is 0 Å². The third kappa shape index (κ3) is 2.32. The van der Waals surface area contributed by atoms with Gasteiger partial charge in [-0.05, 0) is 28.1 Å². The van der Waals surface area contributed by atoms with Gasteiger partial charge in [0.1, 0.15) is 0 Å². The Balaban J connectivity index is 2.50. The lowest BCUT2D eigenvalue weighted by molar-refractivity contribution is 0.368. The second kappa shape index (κ2) is 4.46. The van der Waals surface area contributed by atoms with Crippen molar-refractivity contribution in [3.63, 3.8) is 0 Å². The Morgan fingerprint density at radius 2 is 2.18 bits per heavy atom. The number of aromatic amines is 1. The van der Waals surface area contributed by atoms with Gasteiger partial charge in [0, 0.05) is 4.88 Å². The number of nitrogens with one attached hydrogen (secondary N) is 1. The van der Waals surface area contributed by atoms with Crippen LogP contribution in [0.5, 0.6) is 5.88 Å². The second-order valence-electron chi connectivity index (χ2n) is 3.19. The van der Waals surface area contributed by atoms with Crippen molar-refractivity contribution >= 4 is 27.3 Å². The molecule has 0 aliphatic rings. The molecule has 0 amide bonds. The van der Waals surface area contributed by atoms with Crippen LogP contribution in [-0.2, 0) is 6.54 Å². The van der Waals surface area contributed by atoms with Gasteiger partial charge in [-0.2, -0.15) is 4.39 Å². The first kappa shape index (κ1) is 12.1. The average Bonchev–Trinajstić information content (AvgIpc) is 2.67. The van der Waals surface area contributed by atoms with E-state index in [1.807, 2.05) is 0 Å². The third-order valence-electron chi connectivity index (χ3n) is 2.06. The van der Waals surface area contributed by atoms with Crippen LogP contribution < -0.4 is 11.2 Å². The highest BCUT2D eigenvalue weighted by Gasteiger charge is 2.14. The first-order valence-corrected chi connectivity index (χ1v) is 6.06. The molecule has 0 bridgehead atoms. The Labute approximate surface area is 106 Å². The molecule has 0 saturated heterocycles. The number of H-pyrrole nitrogens is 1. The molecular formula is C9H6BrFN2O3S. The molecule has 2 heterocycles. The van der Waals surface area contributed by atoms with Crippen LogP contribution in [0, 0.1) is 5.82 Å². The van der Waals surface area contributed by atoms with Crippen molar-refractivity contribution in [1.82, 2.24) is 9.55 Å². The summed E-state index contributed by atoms with van der Waals surface area (Å²) in [7, 11) is 0. The minimum Gasteiger partial charge on any atom is -0.492 e. The number of aromatic hydroxyl groups is 1. The second-order valence-corrected chi connectivity index (χ2v) is 5.74. The number of hydrogen-bond acceptors (Lipinski definition) is 4. The highest BCUT2D eigenvalue weighted by molar-refractivity contribution is 9.11. The molecule has 8 heteroatoms. The van der Waals surface area contributed by atoms with Gasteiger partial charge >= 0.3 is 5.69 Å². The Morgan fingerprint density at radius 3 is 2.76 bits per heavy atom. The molecule has 0 fully saturated rings. The smallest absolute Gasteiger partial charge is 0.331 e. The molecule has 2 rings (SSSR count). The molecule has 0 unspecified atom stereocenters. The number of aromatic nitrogens is 2. The number of hydrogen-bond donors (Lipinski definition) is 2. The Morgan fingerprint density at radius 1 is 1.47 bits per heavy atom. The number of rotatable bonds is 2. The summed E-state index contributed by atoms with van der Waals surface area (Å²) < 4.78 is 14.7. The summed E-state index contributed by atoms with van der Waals surface area (Å²) in [6.45, 7) is -0.00532. The predicted molar refractivity (Wildman–Crippen MR) is 64.1 cm³/mol. The number of nitrogens with zero attached hydrogens (tertiary/aromatic N) is 1. The van der Waals surface area contributed by atoms with E-state index in [1.54, 1.807) is 17.1 Å². The van der Waals surface area contributed by atoms with Crippen LogP contribution >= 0.6 is 27.3 Å². The monoisotopic (exact) mass is 320 g/mol. The largest absolute Gasteiger partial charge is 0.492 e. The number of thiophene rings is 1. The van der Waals surface area contributed by atoms with Crippen LogP contribution in [0.15, 0.2) is 25.5 Å². The summed E-state index contributed by atoms with van der Waals surface area (Å²) in [6, 6.07) is 3.49. The van der Waals surface area contributed by atoms with E-state index in [0.29, 0.717) is 0 Å². The van der Waals surface area contributed by atoms with Gasteiger partial charge < -0.3 is 5.11 Å². The van der Waals surface area contributed by atoms with E-state index in [9.17, 15) is 19.1 Å². The van der Waals surface area contributed by atoms with Gasteiger partial charge in [0.25, 0.3) is 5.56 Å². The average molecular weight is 321 g/mol. The fourth-order valence-electron chi connectivity index (χ4n) is 1.27. The van der Waals surface area contributed by atoms with Gasteiger partial charge in [-0.25, -0.2) is 4.79 Å². The van der Waals surface area contributed by atoms with Gasteiger partial charge in [0.05, 0.1) is 10.3 Å². The maximum Gasteiger partial charge on any atom is 0.331 e. The Kier molecular flexibility index (Phi) is 3.16. The lowest BCUT2D eigenvalue weighted by Gasteiger charge is -2.05. The van der Waals surface area contributed by atoms with Crippen molar-refractivity contribution in [2.24, 2.45) is 0 Å². The van der Waals surface area contributed by atoms with E-state index in [-0.39, 0.29) is 6.54 Å². The SMILES string of the molecule is O=c1[nH]c(=O)n(Cc2ccc(Br)s2)c(O)c1F. The zero-order chi connectivity index (χ0) is 12.6. The third-order valence-corrected chi connectivity index (χ3v) is 3.67. The molecule has 90 valence electrons. The molecule has 2 aromatic heterocycles. The topological polar surface area (TPSA) is 75.1 Å². The summed E-state index contributed by atoms with van der Waals surface area (Å²) in [5.41, 5.74) is -2.07. The van der Waals surface area contributed by atoms with E-state index in [4.69, 9.17) is 0 Å². The fourth-order valence-corrected chi connectivity index (χ4v) is 2.75. The molecular weight excluding hydrogens is 315 g/mol. The van der Waals surface area contributed by atoms with Crippen molar-refractivity contribution in [2.75, 3.05) is 0 Å². The summed E-state index contributed by atoms with van der Waals surface area (Å²) in [5.74, 6) is -2.32. The molecule has 2 aromatic rings. The highest BCUT2D eigenvalue weighted by Crippen LogP contribution is 2.23. The Hall–Kier alpha value is -1.41. The first-order chi connectivity index (χ1) is 7.99. The molecule has 0 aromatic carbocycles. The minimum atomic E-state index is -1.36. The minimum absolute atomic E-state index is 0.00532. The summed E-state index contributed by atoms with van der Waals surface area (Å²) >= 11 is 4.59. The van der Waals surface area contributed by atoms with Gasteiger partial charge in [-0.3, -0.25) is 14.3 Å². The standard InChI is InChI=1S/C9H6BrFN2O3S/c10-5-2-1-4(17-5)3-13-8(15)6(11)7(14)12-9(13)16/h1-2,15H,3H2,(H,12,14,16). The molecule has 0 atom stereocenters. The van der Waals surface area contributed by atoms with Crippen LogP contribution in [0.1, 0.15) is 4.88 Å². The zero-order valence-electron chi connectivity index (χ0n) is 8.24. The molecule has 5 nitrogen and oxygen atoms in total. The predicted octanol–water partition coefficient (Wildman–Crippen LogP) is 1.25. The normalized spacial score (nSPS) is 10.7. The van der Waals surface area contributed by atoms with Gasteiger partial charge in [-0.15, -0.1) is 11.3 Å². The molecule has 0 radical (unpaired) electrons. The van der Waals surface area contributed by atoms with E-state index in [2.05, 4.69) is 15.9 Å². The van der Waals surface area contributed by atoms with E-state index < -0.39 is 22.9 Å². The molecule has 17 heavy (non-hydrogen) atoms. The molecule has 0 spiro atoms. The molecule has 0 saturated carbocycles. The molecule has 2 N–H and O–H groups in total. The van der Waals surface area contributed by atoms with Crippen LogP contribution in [-0.4, -0.2) is 14.7 Å². The zero-order valence-corrected chi connectivity index (χ0v) is 10.6. The summed E-state index contributed by atoms with van der Waals surface area (Å²) in [5, 5.41) is 9.39. The van der Waals surface area contributed by atoms with Gasteiger partial charge in [-0.1, -0.05) is 0 Å². The Bertz CT molecular complexity index is 676. The van der Waals surface area contributed by atoms with Crippen molar-refractivity contribution in [3.8, 4) is 5.88 Å². The first-order valence-electron chi connectivity index (χ1n) is 4.45. The maximum atomic E-state index is 13.1. The molecule has 0 aliphatic carbocycles. The van der Waals surface area contributed by atoms with Crippen molar-refractivity contribution in [2.45, 2.75) is 6.54 Å². The van der Waals surface area contributed by atoms with E-state index >= 15 is 0 Å². The van der Waals surface area contributed by atoms with Crippen molar-refractivity contribution in [1.29, 1.82) is 0 Å². The van der Waals surface area contributed by atoms with E-state index in [1.165, 1.54) is 11.3 Å². The van der Waals surface area contributed by atoms with Crippen molar-refractivity contribution in [3.05, 3.63) is 47.5 Å². The quantitative estimate of drug-likeness (QED) is 0.874. The van der Waals surface area contributed by atoms with E-state index in [0.717, 1.165) is 13.2 Å². The lowest BCUT2D eigenvalue weighted by Crippen LogP contribution is -2.32. The van der Waals surface area contributed by atoms with Gasteiger partial charge in [0.15, 0.2) is 0 Å². The summed E-state index contributed by atoms with van der Waals surface area (Å²) in [6.07, 6.45) is 0. The lowest BCUT2D eigenvalue weighted by atomic mass is 10.4. The molecule has 0 aliphatic heterocycles. The fraction of sp³-hybridized carbons (Fsp3) is 0.111. The number of halogens is 2. The van der Waals surface area contributed by atoms with Crippen LogP contribution in [0.25, 0.3) is 0 Å². The maximum absolute atomic E-state index is 13.1.